The van der Waals surface area contributed by atoms with E-state index in [1.807, 2.05) is 6.92 Å². The summed E-state index contributed by atoms with van der Waals surface area (Å²) in [7, 11) is 1.69. The van der Waals surface area contributed by atoms with Gasteiger partial charge in [-0.15, -0.1) is 0 Å². The van der Waals surface area contributed by atoms with E-state index in [2.05, 4.69) is 13.8 Å². The highest BCUT2D eigenvalue weighted by Crippen LogP contribution is 2.44. The molecule has 1 aliphatic carbocycles. The topological polar surface area (TPSA) is 35.5 Å². The van der Waals surface area contributed by atoms with E-state index in [-0.39, 0.29) is 5.97 Å². The Morgan fingerprint density at radius 1 is 1.26 bits per heavy atom. The quantitative estimate of drug-likeness (QED) is 0.660. The smallest absolute Gasteiger partial charge is 0.314 e. The Balaban J connectivity index is 2.97. The summed E-state index contributed by atoms with van der Waals surface area (Å²) in [6.07, 6.45) is 6.89. The molecule has 0 aromatic carbocycles. The minimum absolute atomic E-state index is 0.0440. The van der Waals surface area contributed by atoms with Crippen molar-refractivity contribution in [1.82, 2.24) is 0 Å². The minimum Gasteiger partial charge on any atom is -0.465 e. The molecule has 1 aliphatic rings. The fourth-order valence-electron chi connectivity index (χ4n) is 3.57. The highest BCUT2D eigenvalue weighted by molar-refractivity contribution is 5.77. The van der Waals surface area contributed by atoms with Crippen molar-refractivity contribution < 1.29 is 14.3 Å². The molecule has 0 radical (unpaired) electrons. The average molecular weight is 270 g/mol. The third-order valence-corrected chi connectivity index (χ3v) is 4.24. The zero-order chi connectivity index (χ0) is 14.3. The Hall–Kier alpha value is -0.570. The molecule has 1 atom stereocenters. The third-order valence-electron chi connectivity index (χ3n) is 4.24. The molecule has 0 N–H and O–H groups in total. The zero-order valence-corrected chi connectivity index (χ0v) is 13.0. The molecule has 1 unspecified atom stereocenters. The van der Waals surface area contributed by atoms with Gasteiger partial charge in [-0.2, -0.15) is 0 Å². The van der Waals surface area contributed by atoms with E-state index in [0.29, 0.717) is 25.0 Å². The number of esters is 1. The first kappa shape index (κ1) is 16.5. The van der Waals surface area contributed by atoms with Gasteiger partial charge >= 0.3 is 5.97 Å². The van der Waals surface area contributed by atoms with Crippen LogP contribution in [0, 0.1) is 17.3 Å². The number of hydrogen-bond acceptors (Lipinski definition) is 3. The molecule has 3 heteroatoms. The molecule has 19 heavy (non-hydrogen) atoms. The Labute approximate surface area is 118 Å². The van der Waals surface area contributed by atoms with E-state index in [0.717, 1.165) is 19.3 Å². The van der Waals surface area contributed by atoms with Crippen LogP contribution in [0.5, 0.6) is 0 Å². The monoisotopic (exact) mass is 270 g/mol. The van der Waals surface area contributed by atoms with Gasteiger partial charge in [0, 0.05) is 7.11 Å². The van der Waals surface area contributed by atoms with E-state index in [4.69, 9.17) is 9.47 Å². The molecule has 0 aliphatic heterocycles. The van der Waals surface area contributed by atoms with Gasteiger partial charge in [0.05, 0.1) is 18.6 Å². The third kappa shape index (κ3) is 4.20. The van der Waals surface area contributed by atoms with Crippen molar-refractivity contribution in [2.45, 2.75) is 59.3 Å². The van der Waals surface area contributed by atoms with E-state index in [1.165, 1.54) is 19.3 Å². The lowest BCUT2D eigenvalue weighted by atomic mass is 9.65. The lowest BCUT2D eigenvalue weighted by Crippen LogP contribution is -2.45. The molecule has 1 fully saturated rings. The molecule has 0 spiro atoms. The predicted molar refractivity (Wildman–Crippen MR) is 77.0 cm³/mol. The van der Waals surface area contributed by atoms with Crippen molar-refractivity contribution in [1.29, 1.82) is 0 Å². The summed E-state index contributed by atoms with van der Waals surface area (Å²) in [5.41, 5.74) is -0.431. The second-order valence-electron chi connectivity index (χ2n) is 6.24. The Bertz CT molecular complexity index is 269. The van der Waals surface area contributed by atoms with E-state index >= 15 is 0 Å². The minimum atomic E-state index is -0.431. The summed E-state index contributed by atoms with van der Waals surface area (Å²) in [4.78, 5) is 12.6. The SMILES string of the molecule is CCOC(=O)C(COC)(CC(C)C)C1CCCCC1. The second kappa shape index (κ2) is 7.88. The van der Waals surface area contributed by atoms with Gasteiger partial charge in [-0.1, -0.05) is 33.1 Å². The maximum Gasteiger partial charge on any atom is 0.314 e. The van der Waals surface area contributed by atoms with Gasteiger partial charge in [0.25, 0.3) is 0 Å². The van der Waals surface area contributed by atoms with Crippen LogP contribution in [0.3, 0.4) is 0 Å². The summed E-state index contributed by atoms with van der Waals surface area (Å²) in [6.45, 7) is 7.18. The van der Waals surface area contributed by atoms with Gasteiger partial charge in [0.15, 0.2) is 0 Å². The van der Waals surface area contributed by atoms with Crippen molar-refractivity contribution in [3.05, 3.63) is 0 Å². The fraction of sp³-hybridized carbons (Fsp3) is 0.938. The van der Waals surface area contributed by atoms with Gasteiger partial charge < -0.3 is 9.47 Å². The van der Waals surface area contributed by atoms with Gasteiger partial charge in [0.2, 0.25) is 0 Å². The summed E-state index contributed by atoms with van der Waals surface area (Å²) in [6, 6.07) is 0. The molecule has 0 heterocycles. The Morgan fingerprint density at radius 2 is 1.89 bits per heavy atom. The number of carbonyl (C=O) groups is 1. The first-order valence-electron chi connectivity index (χ1n) is 7.73. The van der Waals surface area contributed by atoms with Gasteiger partial charge in [-0.25, -0.2) is 0 Å². The lowest BCUT2D eigenvalue weighted by molar-refractivity contribution is -0.166. The summed E-state index contributed by atoms with van der Waals surface area (Å²) >= 11 is 0. The van der Waals surface area contributed by atoms with Gasteiger partial charge in [-0.3, -0.25) is 4.79 Å². The molecular formula is C16H30O3. The van der Waals surface area contributed by atoms with Crippen LogP contribution in [0.25, 0.3) is 0 Å². The van der Waals surface area contributed by atoms with Crippen molar-refractivity contribution >= 4 is 5.97 Å². The molecule has 0 bridgehead atoms. The van der Waals surface area contributed by atoms with Crippen LogP contribution < -0.4 is 0 Å². The maximum absolute atomic E-state index is 12.6. The molecule has 1 rings (SSSR count). The van der Waals surface area contributed by atoms with Crippen LogP contribution in [-0.4, -0.2) is 26.3 Å². The van der Waals surface area contributed by atoms with Crippen LogP contribution in [0.4, 0.5) is 0 Å². The predicted octanol–water partition coefficient (Wildman–Crippen LogP) is 3.81. The number of hydrogen-bond donors (Lipinski definition) is 0. The fourth-order valence-corrected chi connectivity index (χ4v) is 3.57. The average Bonchev–Trinajstić information content (AvgIpc) is 2.39. The van der Waals surface area contributed by atoms with Crippen LogP contribution >= 0.6 is 0 Å². The standard InChI is InChI=1S/C16H30O3/c1-5-19-15(17)16(12-18-4,11-13(2)3)14-9-7-6-8-10-14/h13-14H,5-12H2,1-4H3. The molecule has 0 saturated heterocycles. The van der Waals surface area contributed by atoms with Crippen LogP contribution in [0.15, 0.2) is 0 Å². The highest BCUT2D eigenvalue weighted by Gasteiger charge is 2.47. The Kier molecular flexibility index (Phi) is 6.84. The van der Waals surface area contributed by atoms with Crippen LogP contribution in [-0.2, 0) is 14.3 Å². The maximum atomic E-state index is 12.6. The lowest BCUT2D eigenvalue weighted by Gasteiger charge is -2.41. The summed E-state index contributed by atoms with van der Waals surface area (Å²) in [5.74, 6) is 0.849. The Morgan fingerprint density at radius 3 is 2.37 bits per heavy atom. The van der Waals surface area contributed by atoms with Crippen molar-refractivity contribution in [2.24, 2.45) is 17.3 Å². The second-order valence-corrected chi connectivity index (χ2v) is 6.24. The highest BCUT2D eigenvalue weighted by atomic mass is 16.5. The van der Waals surface area contributed by atoms with E-state index in [1.54, 1.807) is 7.11 Å². The molecule has 0 aromatic heterocycles. The molecule has 3 nitrogen and oxygen atoms in total. The summed E-state index contributed by atoms with van der Waals surface area (Å²) in [5, 5.41) is 0. The number of methoxy groups -OCH3 is 1. The first-order valence-corrected chi connectivity index (χ1v) is 7.73. The van der Waals surface area contributed by atoms with E-state index < -0.39 is 5.41 Å². The number of rotatable bonds is 7. The van der Waals surface area contributed by atoms with E-state index in [9.17, 15) is 4.79 Å². The first-order chi connectivity index (χ1) is 9.06. The normalized spacial score (nSPS) is 20.3. The van der Waals surface area contributed by atoms with Crippen LogP contribution in [0.2, 0.25) is 0 Å². The molecule has 0 amide bonds. The molecule has 0 aromatic rings. The molecule has 1 saturated carbocycles. The van der Waals surface area contributed by atoms with Crippen molar-refractivity contribution in [2.75, 3.05) is 20.3 Å². The van der Waals surface area contributed by atoms with Crippen LogP contribution in [0.1, 0.15) is 59.3 Å². The molecular weight excluding hydrogens is 240 g/mol. The van der Waals surface area contributed by atoms with Crippen molar-refractivity contribution in [3.8, 4) is 0 Å². The summed E-state index contributed by atoms with van der Waals surface area (Å²) < 4.78 is 10.8. The molecule has 112 valence electrons. The zero-order valence-electron chi connectivity index (χ0n) is 13.0. The largest absolute Gasteiger partial charge is 0.465 e. The number of ether oxygens (including phenoxy) is 2. The number of carbonyl (C=O) groups excluding carboxylic acids is 1. The van der Waals surface area contributed by atoms with Crippen molar-refractivity contribution in [3.63, 3.8) is 0 Å². The van der Waals surface area contributed by atoms with Gasteiger partial charge in [-0.05, 0) is 38.0 Å². The van der Waals surface area contributed by atoms with Gasteiger partial charge in [0.1, 0.15) is 0 Å².